The van der Waals surface area contributed by atoms with Crippen molar-refractivity contribution < 1.29 is 40.8 Å². The third-order valence-electron chi connectivity index (χ3n) is 6.85. The predicted octanol–water partition coefficient (Wildman–Crippen LogP) is 2.31. The van der Waals surface area contributed by atoms with Crippen LogP contribution in [0, 0.1) is 5.92 Å². The van der Waals surface area contributed by atoms with Gasteiger partial charge < -0.3 is 10.6 Å². The highest BCUT2D eigenvalue weighted by atomic mass is 32.2. The molecule has 17 heteroatoms. The van der Waals surface area contributed by atoms with Gasteiger partial charge in [-0.3, -0.25) is 30.0 Å². The lowest BCUT2D eigenvalue weighted by Crippen LogP contribution is -2.47. The van der Waals surface area contributed by atoms with Crippen molar-refractivity contribution in [3.8, 4) is 10.4 Å². The fourth-order valence-corrected chi connectivity index (χ4v) is 6.83. The zero-order valence-electron chi connectivity index (χ0n) is 22.8. The summed E-state index contributed by atoms with van der Waals surface area (Å²) in [5, 5.41) is 0.0686. The van der Waals surface area contributed by atoms with Gasteiger partial charge in [-0.15, -0.1) is 11.3 Å². The van der Waals surface area contributed by atoms with E-state index in [0.29, 0.717) is 31.5 Å². The second-order valence-corrected chi connectivity index (χ2v) is 12.7. The molecule has 2 heterocycles. The topological polar surface area (TPSA) is 181 Å². The van der Waals surface area contributed by atoms with Gasteiger partial charge in [-0.25, -0.2) is 13.4 Å². The van der Waals surface area contributed by atoms with Crippen molar-refractivity contribution in [3.05, 3.63) is 47.1 Å². The van der Waals surface area contributed by atoms with Gasteiger partial charge in [-0.05, 0) is 37.1 Å². The van der Waals surface area contributed by atoms with Crippen molar-refractivity contribution in [2.45, 2.75) is 43.8 Å². The molecule has 5 N–H and O–H groups in total. The van der Waals surface area contributed by atoms with Crippen molar-refractivity contribution in [1.82, 2.24) is 25.5 Å². The average molecular weight is 641 g/mol. The minimum absolute atomic E-state index is 0.0696. The first-order valence-electron chi connectivity index (χ1n) is 12.9. The number of hydrazine groups is 1. The first-order valence-corrected chi connectivity index (χ1v) is 15.2. The summed E-state index contributed by atoms with van der Waals surface area (Å²) >= 11 is 0.764. The number of sulfonamides is 1. The number of carbonyl (C=O) groups excluding carboxylic acids is 4. The number of alkyl halides is 3. The third kappa shape index (κ3) is 6.94. The normalized spacial score (nSPS) is 15.2. The molecule has 0 radical (unpaired) electrons. The van der Waals surface area contributed by atoms with Gasteiger partial charge in [0.15, 0.2) is 5.01 Å². The quantitative estimate of drug-likeness (QED) is 0.236. The Bertz CT molecular complexity index is 1700. The standard InChI is InChI=1S/C26H27F3N6O6S2/c1-13-9-11-35(12-10-13)25(39)19-20(42-24(31-19)23(38)33-32-22(37)21(30)36)17-7-8-18(16-6-4-3-5-15(16)17)43(40,41)34-14(2)26(27,28)29/h3-8,13-14,34H,9-12H2,1-2H3,(H2,30,36)(H,32,37)(H,33,38). The molecule has 1 saturated heterocycles. The van der Waals surface area contributed by atoms with Crippen LogP contribution in [0.1, 0.15) is 47.0 Å². The van der Waals surface area contributed by atoms with Crippen LogP contribution in [-0.2, 0) is 19.6 Å². The van der Waals surface area contributed by atoms with Crippen molar-refractivity contribution >= 4 is 55.8 Å². The van der Waals surface area contributed by atoms with E-state index in [1.54, 1.807) is 15.7 Å². The molecule has 1 aliphatic heterocycles. The number of likely N-dealkylation sites (tertiary alicyclic amines) is 1. The summed E-state index contributed by atoms with van der Waals surface area (Å²) in [6.07, 6.45) is -3.33. The SMILES string of the molecule is CC1CCN(C(=O)c2nc(C(=O)NNC(=O)C(N)=O)sc2-c2ccc(S(=O)(=O)NC(C)C(F)(F)F)c3ccccc23)CC1. The highest BCUT2D eigenvalue weighted by Crippen LogP contribution is 2.39. The average Bonchev–Trinajstić information content (AvgIpc) is 3.39. The Labute approximate surface area is 247 Å². The Morgan fingerprint density at radius 2 is 1.67 bits per heavy atom. The summed E-state index contributed by atoms with van der Waals surface area (Å²) < 4.78 is 67.1. The van der Waals surface area contributed by atoms with Crippen LogP contribution in [0.15, 0.2) is 41.3 Å². The van der Waals surface area contributed by atoms with Crippen LogP contribution in [0.2, 0.25) is 0 Å². The Kier molecular flexibility index (Phi) is 9.08. The summed E-state index contributed by atoms with van der Waals surface area (Å²) in [6, 6.07) is 6.11. The molecule has 1 unspecified atom stereocenters. The fraction of sp³-hybridized carbons (Fsp3) is 0.346. The van der Waals surface area contributed by atoms with Gasteiger partial charge in [0.2, 0.25) is 10.0 Å². The molecule has 3 aromatic rings. The van der Waals surface area contributed by atoms with E-state index in [1.165, 1.54) is 24.3 Å². The maximum absolute atomic E-state index is 13.7. The van der Waals surface area contributed by atoms with E-state index in [1.807, 2.05) is 10.9 Å². The summed E-state index contributed by atoms with van der Waals surface area (Å²) in [5.74, 6) is -3.68. The molecule has 2 aromatic carbocycles. The summed E-state index contributed by atoms with van der Waals surface area (Å²) in [7, 11) is -4.65. The van der Waals surface area contributed by atoms with Crippen LogP contribution in [0.25, 0.3) is 21.2 Å². The molecule has 4 amide bonds. The third-order valence-corrected chi connectivity index (χ3v) is 9.54. The lowest BCUT2D eigenvalue weighted by atomic mass is 9.98. The molecule has 0 aliphatic carbocycles. The minimum Gasteiger partial charge on any atom is -0.361 e. The van der Waals surface area contributed by atoms with E-state index < -0.39 is 50.8 Å². The second kappa shape index (κ2) is 12.3. The Morgan fingerprint density at radius 3 is 2.28 bits per heavy atom. The van der Waals surface area contributed by atoms with Crippen LogP contribution >= 0.6 is 11.3 Å². The number of hydrogen-bond donors (Lipinski definition) is 4. The van der Waals surface area contributed by atoms with Gasteiger partial charge in [0.25, 0.3) is 11.8 Å². The maximum atomic E-state index is 13.7. The van der Waals surface area contributed by atoms with Crippen LogP contribution < -0.4 is 21.3 Å². The van der Waals surface area contributed by atoms with Crippen molar-refractivity contribution in [2.75, 3.05) is 13.1 Å². The van der Waals surface area contributed by atoms with Crippen LogP contribution in [0.3, 0.4) is 0 Å². The van der Waals surface area contributed by atoms with E-state index >= 15 is 0 Å². The van der Waals surface area contributed by atoms with Gasteiger partial charge in [-0.2, -0.15) is 17.9 Å². The lowest BCUT2D eigenvalue weighted by Gasteiger charge is -2.30. The van der Waals surface area contributed by atoms with E-state index in [9.17, 15) is 40.8 Å². The van der Waals surface area contributed by atoms with Crippen LogP contribution in [0.4, 0.5) is 13.2 Å². The highest BCUT2D eigenvalue weighted by molar-refractivity contribution is 7.89. The summed E-state index contributed by atoms with van der Waals surface area (Å²) in [4.78, 5) is 54.6. The molecule has 43 heavy (non-hydrogen) atoms. The van der Waals surface area contributed by atoms with Gasteiger partial charge >= 0.3 is 18.0 Å². The van der Waals surface area contributed by atoms with Crippen molar-refractivity contribution in [3.63, 3.8) is 0 Å². The number of primary amides is 1. The first-order chi connectivity index (χ1) is 20.1. The minimum atomic E-state index is -4.82. The monoisotopic (exact) mass is 640 g/mol. The van der Waals surface area contributed by atoms with E-state index in [0.717, 1.165) is 30.2 Å². The zero-order chi connectivity index (χ0) is 31.7. The molecule has 230 valence electrons. The number of fused-ring (bicyclic) bond motifs is 1. The van der Waals surface area contributed by atoms with Gasteiger partial charge in [0, 0.05) is 24.0 Å². The molecule has 0 bridgehead atoms. The maximum Gasteiger partial charge on any atom is 0.404 e. The Hall–Kier alpha value is -4.09. The molecular formula is C26H27F3N6O6S2. The molecule has 0 spiro atoms. The lowest BCUT2D eigenvalue weighted by molar-refractivity contribution is -0.147. The molecule has 12 nitrogen and oxygen atoms in total. The van der Waals surface area contributed by atoms with E-state index in [4.69, 9.17) is 5.73 Å². The van der Waals surface area contributed by atoms with Crippen molar-refractivity contribution in [1.29, 1.82) is 0 Å². The molecule has 0 saturated carbocycles. The number of benzene rings is 2. The number of nitrogens with two attached hydrogens (primary N) is 1. The predicted molar refractivity (Wildman–Crippen MR) is 150 cm³/mol. The van der Waals surface area contributed by atoms with Gasteiger partial charge in [0.05, 0.1) is 9.77 Å². The number of thiazole rings is 1. The number of carbonyl (C=O) groups is 4. The zero-order valence-corrected chi connectivity index (χ0v) is 24.5. The number of hydrogen-bond acceptors (Lipinski definition) is 8. The van der Waals surface area contributed by atoms with E-state index in [-0.39, 0.29) is 26.4 Å². The number of piperidine rings is 1. The fourth-order valence-electron chi connectivity index (χ4n) is 4.40. The Balaban J connectivity index is 1.82. The van der Waals surface area contributed by atoms with E-state index in [2.05, 4.69) is 11.9 Å². The molecule has 1 aliphatic rings. The second-order valence-electron chi connectivity index (χ2n) is 9.99. The number of nitrogens with zero attached hydrogens (tertiary/aromatic N) is 2. The smallest absolute Gasteiger partial charge is 0.361 e. The van der Waals surface area contributed by atoms with Gasteiger partial charge in [-0.1, -0.05) is 37.3 Å². The number of rotatable bonds is 6. The summed E-state index contributed by atoms with van der Waals surface area (Å²) in [5.41, 5.74) is 8.88. The molecule has 1 fully saturated rings. The number of halogens is 3. The first kappa shape index (κ1) is 31.8. The van der Waals surface area contributed by atoms with Crippen molar-refractivity contribution in [2.24, 2.45) is 11.7 Å². The van der Waals surface area contributed by atoms with Crippen LogP contribution in [-0.4, -0.2) is 67.2 Å². The molecule has 4 rings (SSSR count). The largest absolute Gasteiger partial charge is 0.404 e. The summed E-state index contributed by atoms with van der Waals surface area (Å²) in [6.45, 7) is 3.62. The number of amides is 4. The number of nitrogens with one attached hydrogen (secondary N) is 3. The highest BCUT2D eigenvalue weighted by Gasteiger charge is 2.39. The Morgan fingerprint density at radius 1 is 1.05 bits per heavy atom. The van der Waals surface area contributed by atoms with Gasteiger partial charge in [0.1, 0.15) is 11.7 Å². The van der Waals surface area contributed by atoms with Crippen LogP contribution in [0.5, 0.6) is 0 Å². The molecule has 1 aromatic heterocycles. The number of aromatic nitrogens is 1. The molecule has 1 atom stereocenters. The molecular weight excluding hydrogens is 613 g/mol.